The molecule has 0 spiro atoms. The van der Waals surface area contributed by atoms with E-state index in [4.69, 9.17) is 0 Å². The maximum absolute atomic E-state index is 11.6. The Bertz CT molecular complexity index is 552. The highest BCUT2D eigenvalue weighted by atomic mass is 16.1. The zero-order chi connectivity index (χ0) is 11.5. The minimum absolute atomic E-state index is 0.0800. The second kappa shape index (κ2) is 4.27. The molecule has 1 heterocycles. The van der Waals surface area contributed by atoms with Crippen molar-refractivity contribution in [2.45, 2.75) is 13.3 Å². The Balaban J connectivity index is 2.45. The van der Waals surface area contributed by atoms with Crippen LogP contribution in [0.4, 0.5) is 0 Å². The second-order valence-corrected chi connectivity index (χ2v) is 3.87. The second-order valence-electron chi connectivity index (χ2n) is 3.87. The number of nitrogens with zero attached hydrogens (tertiary/aromatic N) is 1. The van der Waals surface area contributed by atoms with Gasteiger partial charge in [0, 0.05) is 18.0 Å². The molecule has 0 saturated heterocycles. The van der Waals surface area contributed by atoms with Crippen molar-refractivity contribution < 1.29 is 4.79 Å². The monoisotopic (exact) mass is 211 g/mol. The van der Waals surface area contributed by atoms with E-state index in [0.29, 0.717) is 12.0 Å². The van der Waals surface area contributed by atoms with Gasteiger partial charge in [-0.3, -0.25) is 9.78 Å². The van der Waals surface area contributed by atoms with Crippen molar-refractivity contribution in [1.82, 2.24) is 4.98 Å². The van der Waals surface area contributed by atoms with Gasteiger partial charge in [0.05, 0.1) is 5.52 Å². The number of aromatic nitrogens is 1. The maximum Gasteiger partial charge on any atom is 0.162 e. The van der Waals surface area contributed by atoms with Crippen LogP contribution in [0.25, 0.3) is 10.9 Å². The molecule has 80 valence electrons. The smallest absolute Gasteiger partial charge is 0.162 e. The Morgan fingerprint density at radius 1 is 1.31 bits per heavy atom. The van der Waals surface area contributed by atoms with Crippen LogP contribution in [0.3, 0.4) is 0 Å². The van der Waals surface area contributed by atoms with Crippen molar-refractivity contribution >= 4 is 16.7 Å². The van der Waals surface area contributed by atoms with Crippen molar-refractivity contribution in [1.29, 1.82) is 0 Å². The van der Waals surface area contributed by atoms with Crippen LogP contribution < -0.4 is 0 Å². The molecule has 0 fully saturated rings. The first-order chi connectivity index (χ1) is 7.68. The SMILES string of the molecule is C=C(C)C(=O)Cc1ccnc2ccccc12. The number of allylic oxidation sites excluding steroid dienone is 1. The molecular weight excluding hydrogens is 198 g/mol. The van der Waals surface area contributed by atoms with E-state index < -0.39 is 0 Å². The zero-order valence-corrected chi connectivity index (χ0v) is 9.23. The molecule has 0 bridgehead atoms. The summed E-state index contributed by atoms with van der Waals surface area (Å²) in [6.45, 7) is 5.41. The number of para-hydroxylation sites is 1. The van der Waals surface area contributed by atoms with Gasteiger partial charge < -0.3 is 0 Å². The Morgan fingerprint density at radius 2 is 2.06 bits per heavy atom. The highest BCUT2D eigenvalue weighted by molar-refractivity contribution is 5.98. The van der Waals surface area contributed by atoms with Crippen molar-refractivity contribution in [2.75, 3.05) is 0 Å². The van der Waals surface area contributed by atoms with E-state index in [0.717, 1.165) is 16.5 Å². The fraction of sp³-hybridized carbons (Fsp3) is 0.143. The number of rotatable bonds is 3. The summed E-state index contributed by atoms with van der Waals surface area (Å²) in [4.78, 5) is 15.9. The molecule has 0 aliphatic heterocycles. The Hall–Kier alpha value is -1.96. The number of benzene rings is 1. The Morgan fingerprint density at radius 3 is 2.81 bits per heavy atom. The molecule has 2 nitrogen and oxygen atoms in total. The molecule has 0 saturated carbocycles. The number of carbonyl (C=O) groups is 1. The number of Topliss-reactive ketones (excluding diaryl/α,β-unsaturated/α-hetero) is 1. The van der Waals surface area contributed by atoms with E-state index in [1.807, 2.05) is 30.3 Å². The van der Waals surface area contributed by atoms with Gasteiger partial charge in [0.2, 0.25) is 0 Å². The van der Waals surface area contributed by atoms with Gasteiger partial charge in [-0.25, -0.2) is 0 Å². The van der Waals surface area contributed by atoms with Crippen LogP contribution in [0.5, 0.6) is 0 Å². The number of fused-ring (bicyclic) bond motifs is 1. The maximum atomic E-state index is 11.6. The third kappa shape index (κ3) is 2.01. The van der Waals surface area contributed by atoms with Crippen molar-refractivity contribution in [2.24, 2.45) is 0 Å². The van der Waals surface area contributed by atoms with Crippen LogP contribution in [-0.2, 0) is 11.2 Å². The summed E-state index contributed by atoms with van der Waals surface area (Å²) in [6, 6.07) is 9.73. The molecule has 2 heteroatoms. The average Bonchev–Trinajstić information content (AvgIpc) is 2.29. The van der Waals surface area contributed by atoms with Crippen LogP contribution in [0.1, 0.15) is 12.5 Å². The number of hydrogen-bond acceptors (Lipinski definition) is 2. The van der Waals surface area contributed by atoms with Crippen LogP contribution in [0.2, 0.25) is 0 Å². The predicted molar refractivity (Wildman–Crippen MR) is 65.3 cm³/mol. The van der Waals surface area contributed by atoms with Crippen LogP contribution in [-0.4, -0.2) is 10.8 Å². The normalized spacial score (nSPS) is 10.3. The van der Waals surface area contributed by atoms with Gasteiger partial charge in [0.25, 0.3) is 0 Å². The topological polar surface area (TPSA) is 30.0 Å². The Labute approximate surface area is 94.6 Å². The average molecular weight is 211 g/mol. The first kappa shape index (κ1) is 10.6. The van der Waals surface area contributed by atoms with Crippen molar-refractivity contribution in [3.05, 3.63) is 54.2 Å². The van der Waals surface area contributed by atoms with E-state index >= 15 is 0 Å². The van der Waals surface area contributed by atoms with Gasteiger partial charge in [-0.05, 0) is 30.2 Å². The van der Waals surface area contributed by atoms with Gasteiger partial charge in [-0.2, -0.15) is 0 Å². The highest BCUT2D eigenvalue weighted by Crippen LogP contribution is 2.17. The Kier molecular flexibility index (Phi) is 2.82. The molecule has 0 aliphatic rings. The van der Waals surface area contributed by atoms with Crippen LogP contribution in [0, 0.1) is 0 Å². The van der Waals surface area contributed by atoms with E-state index in [-0.39, 0.29) is 5.78 Å². The molecule has 2 rings (SSSR count). The third-order valence-corrected chi connectivity index (χ3v) is 2.57. The van der Waals surface area contributed by atoms with E-state index in [1.54, 1.807) is 13.1 Å². The van der Waals surface area contributed by atoms with E-state index in [2.05, 4.69) is 11.6 Å². The highest BCUT2D eigenvalue weighted by Gasteiger charge is 2.07. The van der Waals surface area contributed by atoms with E-state index in [9.17, 15) is 4.79 Å². The number of hydrogen-bond donors (Lipinski definition) is 0. The molecule has 0 amide bonds. The van der Waals surface area contributed by atoms with Crippen molar-refractivity contribution in [3.8, 4) is 0 Å². The summed E-state index contributed by atoms with van der Waals surface area (Å²) in [7, 11) is 0. The zero-order valence-electron chi connectivity index (χ0n) is 9.23. The lowest BCUT2D eigenvalue weighted by Gasteiger charge is -2.04. The summed E-state index contributed by atoms with van der Waals surface area (Å²) in [5.41, 5.74) is 2.54. The standard InChI is InChI=1S/C14H13NO/c1-10(2)14(16)9-11-7-8-15-13-6-4-3-5-12(11)13/h3-8H,1,9H2,2H3. The molecular formula is C14H13NO. The minimum atomic E-state index is 0.0800. The summed E-state index contributed by atoms with van der Waals surface area (Å²) >= 11 is 0. The molecule has 0 N–H and O–H groups in total. The van der Waals surface area contributed by atoms with Gasteiger partial charge in [0.15, 0.2) is 5.78 Å². The third-order valence-electron chi connectivity index (χ3n) is 2.57. The molecule has 0 atom stereocenters. The molecule has 2 aromatic rings. The number of ketones is 1. The summed E-state index contributed by atoms with van der Waals surface area (Å²) < 4.78 is 0. The van der Waals surface area contributed by atoms with Gasteiger partial charge in [-0.1, -0.05) is 24.8 Å². The molecule has 1 aromatic carbocycles. The van der Waals surface area contributed by atoms with Crippen LogP contribution >= 0.6 is 0 Å². The predicted octanol–water partition coefficient (Wildman–Crippen LogP) is 2.92. The summed E-state index contributed by atoms with van der Waals surface area (Å²) in [5.74, 6) is 0.0800. The molecule has 1 aromatic heterocycles. The minimum Gasteiger partial charge on any atom is -0.294 e. The van der Waals surface area contributed by atoms with Crippen molar-refractivity contribution in [3.63, 3.8) is 0 Å². The lowest BCUT2D eigenvalue weighted by atomic mass is 10.0. The summed E-state index contributed by atoms with van der Waals surface area (Å²) in [5, 5.41) is 1.04. The molecule has 0 unspecified atom stereocenters. The quantitative estimate of drug-likeness (QED) is 0.731. The number of pyridine rings is 1. The lowest BCUT2D eigenvalue weighted by Crippen LogP contribution is -2.03. The fourth-order valence-corrected chi connectivity index (χ4v) is 1.63. The van der Waals surface area contributed by atoms with E-state index in [1.165, 1.54) is 0 Å². The number of carbonyl (C=O) groups excluding carboxylic acids is 1. The molecule has 0 radical (unpaired) electrons. The van der Waals surface area contributed by atoms with Gasteiger partial charge in [0.1, 0.15) is 0 Å². The first-order valence-corrected chi connectivity index (χ1v) is 5.20. The van der Waals surface area contributed by atoms with Crippen LogP contribution in [0.15, 0.2) is 48.7 Å². The lowest BCUT2D eigenvalue weighted by molar-refractivity contribution is -0.114. The fourth-order valence-electron chi connectivity index (χ4n) is 1.63. The summed E-state index contributed by atoms with van der Waals surface area (Å²) in [6.07, 6.45) is 2.14. The van der Waals surface area contributed by atoms with Gasteiger partial charge >= 0.3 is 0 Å². The largest absolute Gasteiger partial charge is 0.294 e. The molecule has 0 aliphatic carbocycles. The van der Waals surface area contributed by atoms with Gasteiger partial charge in [-0.15, -0.1) is 0 Å². The molecule has 16 heavy (non-hydrogen) atoms. The first-order valence-electron chi connectivity index (χ1n) is 5.20.